The van der Waals surface area contributed by atoms with Gasteiger partial charge in [0.15, 0.2) is 14.8 Å². The number of ketones is 1. The molecule has 1 aromatic heterocycles. The van der Waals surface area contributed by atoms with Gasteiger partial charge in [-0.15, -0.1) is 11.3 Å². The Morgan fingerprint density at radius 2 is 1.68 bits per heavy atom. The molecule has 2 unspecified atom stereocenters. The summed E-state index contributed by atoms with van der Waals surface area (Å²) in [5.74, 6) is -1.27. The number of fused-ring (bicyclic) bond motifs is 1. The minimum Gasteiger partial charge on any atom is -0.344 e. The highest BCUT2D eigenvalue weighted by Gasteiger charge is 2.31. The van der Waals surface area contributed by atoms with E-state index in [1.54, 1.807) is 24.3 Å². The summed E-state index contributed by atoms with van der Waals surface area (Å²) in [6.07, 6.45) is 1.11. The smallest absolute Gasteiger partial charge is 0.238 e. The van der Waals surface area contributed by atoms with Gasteiger partial charge in [-0.05, 0) is 24.1 Å². The van der Waals surface area contributed by atoms with Gasteiger partial charge in [0.25, 0.3) is 0 Å². The fraction of sp³-hybridized carbons (Fsp3) is 0.400. The van der Waals surface area contributed by atoms with Gasteiger partial charge in [-0.3, -0.25) is 9.59 Å². The number of hydrogen-bond acceptors (Lipinski definition) is 7. The highest BCUT2D eigenvalue weighted by Crippen LogP contribution is 2.23. The summed E-state index contributed by atoms with van der Waals surface area (Å²) in [5.41, 5.74) is 1.41. The normalized spacial score (nSPS) is 13.6. The molecule has 2 aromatic carbocycles. The van der Waals surface area contributed by atoms with Crippen LogP contribution in [0.4, 0.5) is 0 Å². The van der Waals surface area contributed by atoms with E-state index in [1.807, 2.05) is 51.1 Å². The van der Waals surface area contributed by atoms with Crippen LogP contribution in [0.15, 0.2) is 54.6 Å². The van der Waals surface area contributed by atoms with Crippen LogP contribution in [0.2, 0.25) is 0 Å². The van der Waals surface area contributed by atoms with E-state index in [-0.39, 0.29) is 23.3 Å². The molecule has 0 aliphatic heterocycles. The zero-order chi connectivity index (χ0) is 24.7. The first-order valence-corrected chi connectivity index (χ1v) is 14.0. The van der Waals surface area contributed by atoms with Gasteiger partial charge in [-0.1, -0.05) is 69.7 Å². The summed E-state index contributed by atoms with van der Waals surface area (Å²) in [4.78, 5) is 30.8. The molecule has 0 fully saturated rings. The van der Waals surface area contributed by atoms with Gasteiger partial charge in [-0.2, -0.15) is 0 Å². The molecule has 2 N–H and O–H groups in total. The number of Topliss-reactive ketones (excluding diaryl/α,β-unsaturated/α-hetero) is 1. The van der Waals surface area contributed by atoms with Crippen molar-refractivity contribution in [1.29, 1.82) is 0 Å². The Bertz CT molecular complexity index is 1190. The molecule has 182 valence electrons. The van der Waals surface area contributed by atoms with E-state index in [4.69, 9.17) is 0 Å². The Morgan fingerprint density at radius 1 is 1.00 bits per heavy atom. The Balaban J connectivity index is 1.76. The molecule has 0 aliphatic carbocycles. The number of hydrogen-bond donors (Lipinski definition) is 2. The van der Waals surface area contributed by atoms with Crippen LogP contribution in [-0.2, 0) is 20.4 Å². The molecule has 1 heterocycles. The third-order valence-corrected chi connectivity index (χ3v) is 7.88. The minimum atomic E-state index is -3.58. The fourth-order valence-corrected chi connectivity index (χ4v) is 6.23. The van der Waals surface area contributed by atoms with Crippen molar-refractivity contribution in [3.63, 3.8) is 0 Å². The number of carbonyl (C=O) groups is 2. The summed E-state index contributed by atoms with van der Waals surface area (Å²) in [6.45, 7) is 5.62. The van der Waals surface area contributed by atoms with Crippen molar-refractivity contribution < 1.29 is 18.0 Å². The van der Waals surface area contributed by atoms with Gasteiger partial charge in [0.2, 0.25) is 11.7 Å². The highest BCUT2D eigenvalue weighted by molar-refractivity contribution is 7.90. The van der Waals surface area contributed by atoms with Gasteiger partial charge in [-0.25, -0.2) is 13.4 Å². The highest BCUT2D eigenvalue weighted by atomic mass is 32.2. The average Bonchev–Trinajstić information content (AvgIpc) is 3.22. The number of para-hydroxylation sites is 1. The first-order valence-electron chi connectivity index (χ1n) is 11.4. The molecule has 9 heteroatoms. The van der Waals surface area contributed by atoms with Gasteiger partial charge >= 0.3 is 0 Å². The number of nitrogens with zero attached hydrogens (tertiary/aromatic N) is 1. The van der Waals surface area contributed by atoms with Crippen molar-refractivity contribution >= 4 is 43.1 Å². The second-order valence-electron chi connectivity index (χ2n) is 8.61. The average molecular weight is 502 g/mol. The zero-order valence-electron chi connectivity index (χ0n) is 19.7. The molecule has 1 amide bonds. The van der Waals surface area contributed by atoms with Crippen LogP contribution in [0.5, 0.6) is 0 Å². The predicted octanol–water partition coefficient (Wildman–Crippen LogP) is 3.75. The van der Waals surface area contributed by atoms with Gasteiger partial charge in [0.1, 0.15) is 6.04 Å². The number of carbonyl (C=O) groups excluding carboxylic acids is 2. The van der Waals surface area contributed by atoms with Crippen LogP contribution in [0, 0.1) is 0 Å². The number of amides is 1. The summed E-state index contributed by atoms with van der Waals surface area (Å²) in [6, 6.07) is 14.5. The number of nitrogens with one attached hydrogen (secondary N) is 2. The molecule has 2 atom stereocenters. The maximum Gasteiger partial charge on any atom is 0.238 e. The molecule has 0 aliphatic rings. The lowest BCUT2D eigenvalue weighted by atomic mass is 10.1. The van der Waals surface area contributed by atoms with Gasteiger partial charge in [0.05, 0.1) is 27.8 Å². The Kier molecular flexibility index (Phi) is 8.93. The van der Waals surface area contributed by atoms with Crippen LogP contribution < -0.4 is 10.6 Å². The largest absolute Gasteiger partial charge is 0.344 e. The maximum absolute atomic E-state index is 13.2. The molecule has 3 rings (SSSR count). The van der Waals surface area contributed by atoms with Crippen molar-refractivity contribution in [3.8, 4) is 0 Å². The summed E-state index contributed by atoms with van der Waals surface area (Å²) >= 11 is 1.29. The van der Waals surface area contributed by atoms with Gasteiger partial charge in [0, 0.05) is 6.04 Å². The summed E-state index contributed by atoms with van der Waals surface area (Å²) in [5, 5.41) is 6.20. The summed E-state index contributed by atoms with van der Waals surface area (Å²) in [7, 11) is -3.58. The molecule has 7 nitrogen and oxygen atoms in total. The first-order chi connectivity index (χ1) is 16.2. The second-order valence-corrected chi connectivity index (χ2v) is 11.8. The lowest BCUT2D eigenvalue weighted by molar-refractivity contribution is -0.123. The van der Waals surface area contributed by atoms with Crippen molar-refractivity contribution in [2.75, 3.05) is 5.75 Å². The molecular weight excluding hydrogens is 470 g/mol. The number of thiazole rings is 1. The minimum absolute atomic E-state index is 0.118. The number of benzene rings is 2. The maximum atomic E-state index is 13.2. The Hall–Kier alpha value is -2.62. The quantitative estimate of drug-likeness (QED) is 0.366. The topological polar surface area (TPSA) is 105 Å². The van der Waals surface area contributed by atoms with Crippen LogP contribution in [0.1, 0.15) is 49.0 Å². The molecular formula is C25H31N3O4S2. The third kappa shape index (κ3) is 7.19. The molecule has 3 aromatic rings. The van der Waals surface area contributed by atoms with E-state index in [2.05, 4.69) is 15.6 Å². The third-order valence-electron chi connectivity index (χ3n) is 5.22. The SMILES string of the molecule is CCCC(NC(=O)C(CS(=O)(=O)Cc1ccccc1)NC(C)C)C(=O)c1nc2ccccc2s1. The standard InChI is InChI=1S/C25H31N3O4S2/c1-4-10-20(23(29)25-28-19-13-8-9-14-22(19)33-25)27-24(30)21(26-17(2)3)16-34(31,32)15-18-11-6-5-7-12-18/h5-9,11-14,17,20-21,26H,4,10,15-16H2,1-3H3,(H,27,30). The molecule has 0 saturated heterocycles. The number of rotatable bonds is 12. The zero-order valence-corrected chi connectivity index (χ0v) is 21.3. The molecule has 0 saturated carbocycles. The van der Waals surface area contributed by atoms with Crippen LogP contribution in [0.3, 0.4) is 0 Å². The Labute approximate surface area is 204 Å². The van der Waals surface area contributed by atoms with E-state index in [0.717, 1.165) is 10.2 Å². The van der Waals surface area contributed by atoms with Crippen molar-refractivity contribution in [3.05, 3.63) is 65.2 Å². The summed E-state index contributed by atoms with van der Waals surface area (Å²) < 4.78 is 26.6. The monoisotopic (exact) mass is 501 g/mol. The lowest BCUT2D eigenvalue weighted by Gasteiger charge is -2.24. The van der Waals surface area contributed by atoms with E-state index in [1.165, 1.54) is 11.3 Å². The number of aromatic nitrogens is 1. The molecule has 0 bridgehead atoms. The molecule has 0 spiro atoms. The fourth-order valence-electron chi connectivity index (χ4n) is 3.70. The van der Waals surface area contributed by atoms with Gasteiger partial charge < -0.3 is 10.6 Å². The molecule has 34 heavy (non-hydrogen) atoms. The lowest BCUT2D eigenvalue weighted by Crippen LogP contribution is -2.54. The van der Waals surface area contributed by atoms with Crippen molar-refractivity contribution in [1.82, 2.24) is 15.6 Å². The predicted molar refractivity (Wildman–Crippen MR) is 137 cm³/mol. The van der Waals surface area contributed by atoms with Crippen LogP contribution in [-0.4, -0.2) is 49.0 Å². The van der Waals surface area contributed by atoms with Crippen molar-refractivity contribution in [2.24, 2.45) is 0 Å². The van der Waals surface area contributed by atoms with E-state index in [9.17, 15) is 18.0 Å². The Morgan fingerprint density at radius 3 is 2.32 bits per heavy atom. The van der Waals surface area contributed by atoms with E-state index >= 15 is 0 Å². The number of sulfone groups is 1. The van der Waals surface area contributed by atoms with E-state index in [0.29, 0.717) is 23.4 Å². The van der Waals surface area contributed by atoms with Crippen LogP contribution >= 0.6 is 11.3 Å². The van der Waals surface area contributed by atoms with E-state index < -0.39 is 27.8 Å². The second kappa shape index (κ2) is 11.7. The first kappa shape index (κ1) is 26.0. The molecule has 0 radical (unpaired) electrons. The van der Waals surface area contributed by atoms with Crippen LogP contribution in [0.25, 0.3) is 10.2 Å². The van der Waals surface area contributed by atoms with Crippen molar-refractivity contribution in [2.45, 2.75) is 57.5 Å².